The second-order valence-corrected chi connectivity index (χ2v) is 8.76. The number of aryl methyl sites for hydroxylation is 2. The van der Waals surface area contributed by atoms with Crippen LogP contribution in [-0.4, -0.2) is 32.3 Å². The van der Waals surface area contributed by atoms with Crippen molar-refractivity contribution in [1.29, 1.82) is 0 Å². The largest absolute Gasteiger partial charge is 0.325 e. The van der Waals surface area contributed by atoms with Gasteiger partial charge in [0.2, 0.25) is 11.8 Å². The Bertz CT molecular complexity index is 1290. The van der Waals surface area contributed by atoms with Crippen molar-refractivity contribution in [3.8, 4) is 5.69 Å². The molecule has 7 nitrogen and oxygen atoms in total. The van der Waals surface area contributed by atoms with Gasteiger partial charge in [0.15, 0.2) is 5.16 Å². The molecule has 172 valence electrons. The Morgan fingerprint density at radius 1 is 0.853 bits per heavy atom. The van der Waals surface area contributed by atoms with E-state index in [0.717, 1.165) is 28.2 Å². The van der Waals surface area contributed by atoms with Crippen LogP contribution < -0.4 is 10.6 Å². The molecule has 34 heavy (non-hydrogen) atoms. The van der Waals surface area contributed by atoms with E-state index in [9.17, 15) is 9.59 Å². The lowest BCUT2D eigenvalue weighted by molar-refractivity contribution is -0.116. The summed E-state index contributed by atoms with van der Waals surface area (Å²) in [4.78, 5) is 25.2. The first kappa shape index (κ1) is 23.3. The van der Waals surface area contributed by atoms with Crippen LogP contribution in [-0.2, 0) is 16.0 Å². The SMILES string of the molecule is Cc1ccc(NC(=O)Cc2nnc(SCC(=O)Nc3ccccc3)n2-c2ccccc2)c(C)c1. The van der Waals surface area contributed by atoms with Crippen molar-refractivity contribution >= 4 is 35.0 Å². The fourth-order valence-electron chi connectivity index (χ4n) is 3.49. The highest BCUT2D eigenvalue weighted by molar-refractivity contribution is 7.99. The minimum absolute atomic E-state index is 0.0476. The molecular weight excluding hydrogens is 446 g/mol. The summed E-state index contributed by atoms with van der Waals surface area (Å²) < 4.78 is 1.82. The summed E-state index contributed by atoms with van der Waals surface area (Å²) in [6.45, 7) is 3.98. The minimum atomic E-state index is -0.185. The average molecular weight is 472 g/mol. The summed E-state index contributed by atoms with van der Waals surface area (Å²) >= 11 is 1.27. The molecule has 0 bridgehead atoms. The highest BCUT2D eigenvalue weighted by atomic mass is 32.2. The minimum Gasteiger partial charge on any atom is -0.325 e. The first-order valence-electron chi connectivity index (χ1n) is 10.8. The summed E-state index contributed by atoms with van der Waals surface area (Å²) in [5, 5.41) is 14.9. The van der Waals surface area contributed by atoms with Crippen molar-refractivity contribution in [1.82, 2.24) is 14.8 Å². The molecule has 0 unspecified atom stereocenters. The lowest BCUT2D eigenvalue weighted by Gasteiger charge is -2.12. The Morgan fingerprint density at radius 3 is 2.26 bits per heavy atom. The molecule has 0 atom stereocenters. The van der Waals surface area contributed by atoms with Crippen LogP contribution in [0, 0.1) is 13.8 Å². The van der Waals surface area contributed by atoms with Crippen LogP contribution in [0.5, 0.6) is 0 Å². The third kappa shape index (κ3) is 5.90. The van der Waals surface area contributed by atoms with Gasteiger partial charge in [-0.25, -0.2) is 0 Å². The summed E-state index contributed by atoms with van der Waals surface area (Å²) in [7, 11) is 0. The monoisotopic (exact) mass is 471 g/mol. The van der Waals surface area contributed by atoms with Gasteiger partial charge in [0, 0.05) is 17.1 Å². The molecule has 0 saturated carbocycles. The molecule has 4 aromatic rings. The van der Waals surface area contributed by atoms with Crippen LogP contribution in [0.4, 0.5) is 11.4 Å². The maximum atomic E-state index is 12.8. The van der Waals surface area contributed by atoms with E-state index in [0.29, 0.717) is 11.0 Å². The number of amides is 2. The summed E-state index contributed by atoms with van der Waals surface area (Å²) in [6.07, 6.45) is 0.0476. The second kappa shape index (κ2) is 10.8. The molecule has 0 saturated heterocycles. The summed E-state index contributed by atoms with van der Waals surface area (Å²) in [5.74, 6) is 0.330. The van der Waals surface area contributed by atoms with Crippen molar-refractivity contribution in [3.05, 3.63) is 95.8 Å². The van der Waals surface area contributed by atoms with Gasteiger partial charge in [-0.2, -0.15) is 0 Å². The number of anilines is 2. The van der Waals surface area contributed by atoms with Gasteiger partial charge in [-0.05, 0) is 49.7 Å². The molecule has 1 heterocycles. The van der Waals surface area contributed by atoms with Crippen molar-refractivity contribution in [2.45, 2.75) is 25.4 Å². The third-order valence-corrected chi connectivity index (χ3v) is 6.01. The number of carbonyl (C=O) groups is 2. The number of aromatic nitrogens is 3. The molecule has 2 N–H and O–H groups in total. The Balaban J connectivity index is 1.50. The number of benzene rings is 3. The number of carbonyl (C=O) groups excluding carboxylic acids is 2. The lowest BCUT2D eigenvalue weighted by atomic mass is 10.1. The normalized spacial score (nSPS) is 10.6. The molecule has 1 aromatic heterocycles. The number of hydrogen-bond donors (Lipinski definition) is 2. The Morgan fingerprint density at radius 2 is 1.56 bits per heavy atom. The molecule has 8 heteroatoms. The summed E-state index contributed by atoms with van der Waals surface area (Å²) in [6, 6.07) is 24.8. The maximum Gasteiger partial charge on any atom is 0.234 e. The summed E-state index contributed by atoms with van der Waals surface area (Å²) in [5.41, 5.74) is 4.47. The van der Waals surface area contributed by atoms with Crippen molar-refractivity contribution < 1.29 is 9.59 Å². The second-order valence-electron chi connectivity index (χ2n) is 7.82. The van der Waals surface area contributed by atoms with Gasteiger partial charge >= 0.3 is 0 Å². The third-order valence-electron chi connectivity index (χ3n) is 5.08. The highest BCUT2D eigenvalue weighted by Crippen LogP contribution is 2.23. The molecule has 0 spiro atoms. The standard InChI is InChI=1S/C26H25N5O2S/c1-18-13-14-22(19(2)15-18)28-24(32)16-23-29-30-26(31(23)21-11-7-4-8-12-21)34-17-25(33)27-20-9-5-3-6-10-20/h3-15H,16-17H2,1-2H3,(H,27,33)(H,28,32). The van der Waals surface area contributed by atoms with E-state index in [2.05, 4.69) is 20.8 Å². The van der Waals surface area contributed by atoms with E-state index < -0.39 is 0 Å². The molecule has 2 amide bonds. The van der Waals surface area contributed by atoms with Gasteiger partial charge in [0.25, 0.3) is 0 Å². The Kier molecular flexibility index (Phi) is 7.39. The van der Waals surface area contributed by atoms with Crippen LogP contribution in [0.3, 0.4) is 0 Å². The Hall–Kier alpha value is -3.91. The number of rotatable bonds is 8. The first-order chi connectivity index (χ1) is 16.5. The smallest absolute Gasteiger partial charge is 0.234 e. The zero-order chi connectivity index (χ0) is 23.9. The Labute approximate surface area is 202 Å². The molecule has 0 aliphatic carbocycles. The maximum absolute atomic E-state index is 12.8. The highest BCUT2D eigenvalue weighted by Gasteiger charge is 2.18. The molecule has 4 rings (SSSR count). The van der Waals surface area contributed by atoms with E-state index >= 15 is 0 Å². The number of thioether (sulfide) groups is 1. The van der Waals surface area contributed by atoms with Gasteiger partial charge < -0.3 is 10.6 Å². The van der Waals surface area contributed by atoms with Crippen molar-refractivity contribution in [2.75, 3.05) is 16.4 Å². The van der Waals surface area contributed by atoms with Crippen molar-refractivity contribution in [3.63, 3.8) is 0 Å². The van der Waals surface area contributed by atoms with Crippen LogP contribution in [0.15, 0.2) is 84.0 Å². The topological polar surface area (TPSA) is 88.9 Å². The molecular formula is C26H25N5O2S. The van der Waals surface area contributed by atoms with Crippen LogP contribution >= 0.6 is 11.8 Å². The van der Waals surface area contributed by atoms with E-state index in [1.807, 2.05) is 97.3 Å². The van der Waals surface area contributed by atoms with Gasteiger partial charge in [-0.15, -0.1) is 10.2 Å². The lowest BCUT2D eigenvalue weighted by Crippen LogP contribution is -2.18. The van der Waals surface area contributed by atoms with Gasteiger partial charge in [0.1, 0.15) is 5.82 Å². The first-order valence-corrected chi connectivity index (χ1v) is 11.8. The molecule has 0 aliphatic heterocycles. The quantitative estimate of drug-likeness (QED) is 0.361. The fraction of sp³-hybridized carbons (Fsp3) is 0.154. The van der Waals surface area contributed by atoms with Crippen LogP contribution in [0.2, 0.25) is 0 Å². The van der Waals surface area contributed by atoms with E-state index in [1.54, 1.807) is 0 Å². The molecule has 3 aromatic carbocycles. The van der Waals surface area contributed by atoms with Crippen LogP contribution in [0.25, 0.3) is 5.69 Å². The van der Waals surface area contributed by atoms with Gasteiger partial charge in [-0.3, -0.25) is 14.2 Å². The van der Waals surface area contributed by atoms with Gasteiger partial charge in [-0.1, -0.05) is 65.9 Å². The zero-order valence-electron chi connectivity index (χ0n) is 19.0. The van der Waals surface area contributed by atoms with E-state index in [-0.39, 0.29) is 24.0 Å². The number of hydrogen-bond acceptors (Lipinski definition) is 5. The molecule has 0 fully saturated rings. The average Bonchev–Trinajstić information content (AvgIpc) is 3.23. The number of nitrogens with one attached hydrogen (secondary N) is 2. The zero-order valence-corrected chi connectivity index (χ0v) is 19.8. The molecule has 0 radical (unpaired) electrons. The van der Waals surface area contributed by atoms with E-state index in [1.165, 1.54) is 11.8 Å². The van der Waals surface area contributed by atoms with Crippen LogP contribution in [0.1, 0.15) is 17.0 Å². The van der Waals surface area contributed by atoms with E-state index in [4.69, 9.17) is 0 Å². The predicted molar refractivity (Wildman–Crippen MR) is 135 cm³/mol. The molecule has 0 aliphatic rings. The number of nitrogens with zero attached hydrogens (tertiary/aromatic N) is 3. The van der Waals surface area contributed by atoms with Crippen molar-refractivity contribution in [2.24, 2.45) is 0 Å². The van der Waals surface area contributed by atoms with Gasteiger partial charge in [0.05, 0.1) is 12.2 Å². The predicted octanol–water partition coefficient (Wildman–Crippen LogP) is 4.80. The number of para-hydroxylation sites is 2. The fourth-order valence-corrected chi connectivity index (χ4v) is 4.26.